The van der Waals surface area contributed by atoms with E-state index < -0.39 is 10.0 Å². The van der Waals surface area contributed by atoms with E-state index in [0.717, 1.165) is 30.6 Å². The molecule has 0 saturated carbocycles. The van der Waals surface area contributed by atoms with E-state index in [2.05, 4.69) is 5.32 Å². The summed E-state index contributed by atoms with van der Waals surface area (Å²) in [6.45, 7) is 5.44. The van der Waals surface area contributed by atoms with Crippen LogP contribution in [-0.2, 0) is 10.0 Å². The summed E-state index contributed by atoms with van der Waals surface area (Å²) < 4.78 is 26.6. The van der Waals surface area contributed by atoms with E-state index in [0.29, 0.717) is 4.90 Å². The molecular formula is C13H21ClN2O2S. The summed E-state index contributed by atoms with van der Waals surface area (Å²) in [5.74, 6) is 0. The van der Waals surface area contributed by atoms with Crippen molar-refractivity contribution in [2.45, 2.75) is 31.2 Å². The molecule has 1 N–H and O–H groups in total. The molecule has 4 nitrogen and oxygen atoms in total. The van der Waals surface area contributed by atoms with Gasteiger partial charge in [0.05, 0.1) is 4.90 Å². The van der Waals surface area contributed by atoms with Gasteiger partial charge in [-0.2, -0.15) is 4.31 Å². The highest BCUT2D eigenvalue weighted by molar-refractivity contribution is 7.89. The topological polar surface area (TPSA) is 49.4 Å². The van der Waals surface area contributed by atoms with Gasteiger partial charge in [0.2, 0.25) is 10.0 Å². The minimum absolute atomic E-state index is 0. The third-order valence-electron chi connectivity index (χ3n) is 3.54. The Morgan fingerprint density at radius 1 is 1.32 bits per heavy atom. The number of nitrogens with zero attached hydrogens (tertiary/aromatic N) is 1. The first-order valence-corrected chi connectivity index (χ1v) is 7.63. The van der Waals surface area contributed by atoms with Gasteiger partial charge in [-0.25, -0.2) is 8.42 Å². The Balaban J connectivity index is 0.00000180. The summed E-state index contributed by atoms with van der Waals surface area (Å²) in [7, 11) is -1.70. The van der Waals surface area contributed by atoms with Gasteiger partial charge in [-0.1, -0.05) is 17.7 Å². The van der Waals surface area contributed by atoms with Crippen LogP contribution >= 0.6 is 12.4 Å². The number of hydrogen-bond donors (Lipinski definition) is 1. The standard InChI is InChI=1S/C13H20N2O2S.ClH/c1-10-4-5-13(11(2)8-10)18(16,17)15(3)12-6-7-14-9-12;/h4-5,8,12,14H,6-7,9H2,1-3H3;1H. The molecule has 108 valence electrons. The molecule has 1 fully saturated rings. The van der Waals surface area contributed by atoms with Crippen molar-refractivity contribution >= 4 is 22.4 Å². The van der Waals surface area contributed by atoms with E-state index in [1.807, 2.05) is 26.0 Å². The van der Waals surface area contributed by atoms with E-state index in [9.17, 15) is 8.42 Å². The van der Waals surface area contributed by atoms with Crippen LogP contribution in [0.15, 0.2) is 23.1 Å². The predicted molar refractivity (Wildman–Crippen MR) is 79.4 cm³/mol. The molecule has 0 aromatic heterocycles. The lowest BCUT2D eigenvalue weighted by atomic mass is 10.2. The smallest absolute Gasteiger partial charge is 0.243 e. The second-order valence-electron chi connectivity index (χ2n) is 4.94. The van der Waals surface area contributed by atoms with Gasteiger partial charge >= 0.3 is 0 Å². The van der Waals surface area contributed by atoms with Crippen molar-refractivity contribution in [2.75, 3.05) is 20.1 Å². The molecule has 0 aliphatic carbocycles. The molecule has 1 aromatic rings. The van der Waals surface area contributed by atoms with E-state index in [4.69, 9.17) is 0 Å². The molecule has 1 atom stereocenters. The van der Waals surface area contributed by atoms with E-state index in [1.165, 1.54) is 4.31 Å². The second kappa shape index (κ2) is 6.22. The molecule has 19 heavy (non-hydrogen) atoms. The lowest BCUT2D eigenvalue weighted by molar-refractivity contribution is 0.387. The number of halogens is 1. The highest BCUT2D eigenvalue weighted by atomic mass is 35.5. The molecule has 6 heteroatoms. The molecule has 0 amide bonds. The summed E-state index contributed by atoms with van der Waals surface area (Å²) >= 11 is 0. The van der Waals surface area contributed by atoms with Crippen molar-refractivity contribution in [1.82, 2.24) is 9.62 Å². The van der Waals surface area contributed by atoms with Crippen LogP contribution in [0.4, 0.5) is 0 Å². The molecule has 1 heterocycles. The monoisotopic (exact) mass is 304 g/mol. The van der Waals surface area contributed by atoms with Gasteiger partial charge in [0.25, 0.3) is 0 Å². The van der Waals surface area contributed by atoms with E-state index >= 15 is 0 Å². The van der Waals surface area contributed by atoms with Gasteiger partial charge in [-0.05, 0) is 38.4 Å². The van der Waals surface area contributed by atoms with Crippen LogP contribution in [0.5, 0.6) is 0 Å². The lowest BCUT2D eigenvalue weighted by Crippen LogP contribution is -2.38. The van der Waals surface area contributed by atoms with Gasteiger partial charge in [0, 0.05) is 19.6 Å². The molecule has 1 aliphatic rings. The largest absolute Gasteiger partial charge is 0.315 e. The number of likely N-dealkylation sites (N-methyl/N-ethyl adjacent to an activating group) is 1. The summed E-state index contributed by atoms with van der Waals surface area (Å²) in [4.78, 5) is 0.419. The van der Waals surface area contributed by atoms with Crippen LogP contribution in [0, 0.1) is 13.8 Å². The molecule has 0 spiro atoms. The number of benzene rings is 1. The van der Waals surface area contributed by atoms with Gasteiger partial charge in [-0.3, -0.25) is 0 Å². The molecule has 0 bridgehead atoms. The lowest BCUT2D eigenvalue weighted by Gasteiger charge is -2.24. The second-order valence-corrected chi connectivity index (χ2v) is 6.90. The Hall–Kier alpha value is -0.620. The molecule has 1 unspecified atom stereocenters. The third-order valence-corrected chi connectivity index (χ3v) is 5.61. The number of aryl methyl sites for hydroxylation is 2. The maximum atomic E-state index is 12.5. The van der Waals surface area contributed by atoms with Crippen LogP contribution in [0.2, 0.25) is 0 Å². The van der Waals surface area contributed by atoms with Gasteiger partial charge in [0.15, 0.2) is 0 Å². The first-order valence-electron chi connectivity index (χ1n) is 6.19. The van der Waals surface area contributed by atoms with Crippen molar-refractivity contribution in [3.8, 4) is 0 Å². The van der Waals surface area contributed by atoms with Gasteiger partial charge < -0.3 is 5.32 Å². The zero-order valence-electron chi connectivity index (χ0n) is 11.5. The SMILES string of the molecule is Cc1ccc(S(=O)(=O)N(C)C2CCNC2)c(C)c1.Cl. The fourth-order valence-electron chi connectivity index (χ4n) is 2.39. The fourth-order valence-corrected chi connectivity index (χ4v) is 3.98. The van der Waals surface area contributed by atoms with Crippen molar-refractivity contribution in [2.24, 2.45) is 0 Å². The van der Waals surface area contributed by atoms with Crippen LogP contribution < -0.4 is 5.32 Å². The summed E-state index contributed by atoms with van der Waals surface area (Å²) in [5, 5.41) is 3.19. The highest BCUT2D eigenvalue weighted by Gasteiger charge is 2.30. The minimum Gasteiger partial charge on any atom is -0.315 e. The average molecular weight is 305 g/mol. The Kier molecular flexibility index (Phi) is 5.38. The van der Waals surface area contributed by atoms with Crippen LogP contribution in [0.1, 0.15) is 17.5 Å². The summed E-state index contributed by atoms with van der Waals surface area (Å²) in [6.07, 6.45) is 0.876. The zero-order chi connectivity index (χ0) is 13.3. The zero-order valence-corrected chi connectivity index (χ0v) is 13.1. The summed E-state index contributed by atoms with van der Waals surface area (Å²) in [6, 6.07) is 5.53. The Bertz CT molecular complexity index is 540. The number of rotatable bonds is 3. The maximum absolute atomic E-state index is 12.5. The Morgan fingerprint density at radius 3 is 2.53 bits per heavy atom. The molecule has 2 rings (SSSR count). The van der Waals surface area contributed by atoms with Crippen LogP contribution in [0.25, 0.3) is 0 Å². The number of sulfonamides is 1. The van der Waals surface area contributed by atoms with Crippen LogP contribution in [0.3, 0.4) is 0 Å². The quantitative estimate of drug-likeness (QED) is 0.925. The van der Waals surface area contributed by atoms with Crippen molar-refractivity contribution in [3.05, 3.63) is 29.3 Å². The summed E-state index contributed by atoms with van der Waals surface area (Å²) in [5.41, 5.74) is 1.89. The van der Waals surface area contributed by atoms with Crippen molar-refractivity contribution < 1.29 is 8.42 Å². The van der Waals surface area contributed by atoms with E-state index in [1.54, 1.807) is 13.1 Å². The predicted octanol–water partition coefficient (Wildman–Crippen LogP) is 1.71. The molecule has 1 aliphatic heterocycles. The Labute approximate surface area is 121 Å². The number of hydrogen-bond acceptors (Lipinski definition) is 3. The van der Waals surface area contributed by atoms with E-state index in [-0.39, 0.29) is 18.4 Å². The fraction of sp³-hybridized carbons (Fsp3) is 0.538. The molecule has 1 aromatic carbocycles. The minimum atomic E-state index is -3.38. The number of nitrogens with one attached hydrogen (secondary N) is 1. The normalized spacial score (nSPS) is 19.5. The van der Waals surface area contributed by atoms with Crippen LogP contribution in [-0.4, -0.2) is 38.9 Å². The first kappa shape index (κ1) is 16.4. The van der Waals surface area contributed by atoms with Crippen molar-refractivity contribution in [1.29, 1.82) is 0 Å². The molecule has 0 radical (unpaired) electrons. The third kappa shape index (κ3) is 3.28. The highest BCUT2D eigenvalue weighted by Crippen LogP contribution is 2.23. The average Bonchev–Trinajstić information content (AvgIpc) is 2.80. The Morgan fingerprint density at radius 2 is 2.00 bits per heavy atom. The first-order chi connectivity index (χ1) is 8.43. The molecular weight excluding hydrogens is 284 g/mol. The maximum Gasteiger partial charge on any atom is 0.243 e. The van der Waals surface area contributed by atoms with Gasteiger partial charge in [-0.15, -0.1) is 12.4 Å². The molecule has 1 saturated heterocycles. The van der Waals surface area contributed by atoms with Crippen molar-refractivity contribution in [3.63, 3.8) is 0 Å². The van der Waals surface area contributed by atoms with Gasteiger partial charge in [0.1, 0.15) is 0 Å².